The fraction of sp³-hybridized carbons (Fsp3) is 0.286. The first-order chi connectivity index (χ1) is 3.97. The van der Waals surface area contributed by atoms with E-state index in [2.05, 4.69) is 23.2 Å². The van der Waals surface area contributed by atoms with Gasteiger partial charge < -0.3 is 5.32 Å². The Labute approximate surface area is 48.4 Å². The predicted octanol–water partition coefficient (Wildman–Crippen LogP) is 0.611. The van der Waals surface area contributed by atoms with Gasteiger partial charge in [-0.25, -0.2) is 0 Å². The van der Waals surface area contributed by atoms with Gasteiger partial charge in [0.15, 0.2) is 0 Å². The summed E-state index contributed by atoms with van der Waals surface area (Å²) in [6.07, 6.45) is 4.10. The highest BCUT2D eigenvalue weighted by Crippen LogP contribution is 2.15. The third kappa shape index (κ3) is 0.401. The van der Waals surface area contributed by atoms with Crippen LogP contribution in [-0.4, -0.2) is 13.1 Å². The van der Waals surface area contributed by atoms with Crippen LogP contribution in [0.3, 0.4) is 0 Å². The van der Waals surface area contributed by atoms with Gasteiger partial charge in [0.1, 0.15) is 0 Å². The largest absolute Gasteiger partial charge is 0.309 e. The molecule has 0 saturated heterocycles. The van der Waals surface area contributed by atoms with Crippen molar-refractivity contribution in [3.63, 3.8) is 0 Å². The summed E-state index contributed by atoms with van der Waals surface area (Å²) in [6, 6.07) is 0. The van der Waals surface area contributed by atoms with Gasteiger partial charge in [0.05, 0.1) is 0 Å². The van der Waals surface area contributed by atoms with Crippen LogP contribution in [0, 0.1) is 0 Å². The molecule has 0 bridgehead atoms. The van der Waals surface area contributed by atoms with Crippen LogP contribution >= 0.6 is 0 Å². The third-order valence-corrected chi connectivity index (χ3v) is 1.56. The Hall–Kier alpha value is -0.780. The lowest BCUT2D eigenvalue weighted by molar-refractivity contribution is 0.872. The van der Waals surface area contributed by atoms with E-state index in [0.717, 1.165) is 13.1 Å². The lowest BCUT2D eigenvalue weighted by Crippen LogP contribution is -2.08. The van der Waals surface area contributed by atoms with E-state index in [1.54, 1.807) is 0 Å². The first kappa shape index (κ1) is 4.13. The van der Waals surface area contributed by atoms with Crippen LogP contribution in [0.2, 0.25) is 0 Å². The molecule has 0 radical (unpaired) electrons. The van der Waals surface area contributed by atoms with Gasteiger partial charge in [0.2, 0.25) is 0 Å². The molecule has 0 amide bonds. The van der Waals surface area contributed by atoms with Crippen molar-refractivity contribution in [1.82, 2.24) is 5.32 Å². The maximum atomic E-state index is 3.25. The van der Waals surface area contributed by atoms with Crippen LogP contribution in [0.5, 0.6) is 0 Å². The smallest absolute Gasteiger partial charge is 0.0218 e. The lowest BCUT2D eigenvalue weighted by atomic mass is 10.2. The number of rotatable bonds is 0. The summed E-state index contributed by atoms with van der Waals surface area (Å²) in [6.45, 7) is 2.08. The highest BCUT2D eigenvalue weighted by molar-refractivity contribution is 5.43. The molecule has 1 aliphatic carbocycles. The van der Waals surface area contributed by atoms with Crippen LogP contribution in [0.4, 0.5) is 0 Å². The summed E-state index contributed by atoms with van der Waals surface area (Å²) in [5.74, 6) is 0. The molecule has 0 aromatic heterocycles. The fourth-order valence-electron chi connectivity index (χ4n) is 1.09. The molecule has 0 saturated carbocycles. The predicted molar refractivity (Wildman–Crippen MR) is 32.5 cm³/mol. The van der Waals surface area contributed by atoms with E-state index in [0.29, 0.717) is 0 Å². The summed E-state index contributed by atoms with van der Waals surface area (Å²) in [5, 5.41) is 3.25. The summed E-state index contributed by atoms with van der Waals surface area (Å²) in [4.78, 5) is 0. The van der Waals surface area contributed by atoms with Crippen LogP contribution < -0.4 is 5.32 Å². The van der Waals surface area contributed by atoms with Gasteiger partial charge in [-0.1, -0.05) is 0 Å². The molecular weight excluding hydrogens is 98.1 g/mol. The second-order valence-electron chi connectivity index (χ2n) is 2.11. The van der Waals surface area contributed by atoms with E-state index in [-0.39, 0.29) is 0 Å². The van der Waals surface area contributed by atoms with Crippen molar-refractivity contribution >= 4 is 0 Å². The number of hydrogen-bond donors (Lipinski definition) is 1. The molecule has 2 aliphatic rings. The minimum absolute atomic E-state index is 1.04. The minimum atomic E-state index is 1.04. The van der Waals surface area contributed by atoms with Crippen LogP contribution in [0.25, 0.3) is 0 Å². The van der Waals surface area contributed by atoms with Gasteiger partial charge in [0, 0.05) is 13.1 Å². The zero-order valence-corrected chi connectivity index (χ0v) is 4.57. The van der Waals surface area contributed by atoms with E-state index >= 15 is 0 Å². The van der Waals surface area contributed by atoms with Crippen LogP contribution in [-0.2, 0) is 0 Å². The van der Waals surface area contributed by atoms with Gasteiger partial charge >= 0.3 is 0 Å². The molecule has 8 heavy (non-hydrogen) atoms. The van der Waals surface area contributed by atoms with E-state index in [4.69, 9.17) is 0 Å². The fourth-order valence-corrected chi connectivity index (χ4v) is 1.09. The molecule has 1 nitrogen and oxygen atoms in total. The molecule has 0 aromatic carbocycles. The highest BCUT2D eigenvalue weighted by atomic mass is 14.9. The van der Waals surface area contributed by atoms with Gasteiger partial charge in [0.25, 0.3) is 0 Å². The maximum Gasteiger partial charge on any atom is 0.0218 e. The molecule has 1 heteroatoms. The first-order valence-electron chi connectivity index (χ1n) is 2.82. The van der Waals surface area contributed by atoms with Crippen molar-refractivity contribution in [3.8, 4) is 0 Å². The zero-order chi connectivity index (χ0) is 5.40. The number of hydrogen-bond acceptors (Lipinski definition) is 1. The SMILES string of the molecule is C1=CC2=C(C=1)CNC2. The average molecular weight is 105 g/mol. The van der Waals surface area contributed by atoms with Gasteiger partial charge in [-0.05, 0) is 23.3 Å². The molecular formula is C7H7N. The van der Waals surface area contributed by atoms with Crippen molar-refractivity contribution in [3.05, 3.63) is 29.0 Å². The molecule has 1 aliphatic heterocycles. The highest BCUT2D eigenvalue weighted by Gasteiger charge is 2.10. The minimum Gasteiger partial charge on any atom is -0.309 e. The summed E-state index contributed by atoms with van der Waals surface area (Å²) in [7, 11) is 0. The summed E-state index contributed by atoms with van der Waals surface area (Å²) >= 11 is 0. The molecule has 0 atom stereocenters. The Morgan fingerprint density at radius 3 is 2.50 bits per heavy atom. The third-order valence-electron chi connectivity index (χ3n) is 1.56. The average Bonchev–Trinajstić information content (AvgIpc) is 2.15. The Kier molecular flexibility index (Phi) is 0.696. The Morgan fingerprint density at radius 1 is 1.25 bits per heavy atom. The van der Waals surface area contributed by atoms with E-state index in [1.165, 1.54) is 11.1 Å². The van der Waals surface area contributed by atoms with Crippen molar-refractivity contribution in [2.45, 2.75) is 0 Å². The van der Waals surface area contributed by atoms with Gasteiger partial charge in [-0.15, -0.1) is 5.73 Å². The van der Waals surface area contributed by atoms with Crippen LogP contribution in [0.1, 0.15) is 0 Å². The van der Waals surface area contributed by atoms with Gasteiger partial charge in [-0.2, -0.15) is 0 Å². The topological polar surface area (TPSA) is 12.0 Å². The second kappa shape index (κ2) is 1.35. The molecule has 40 valence electrons. The zero-order valence-electron chi connectivity index (χ0n) is 4.57. The van der Waals surface area contributed by atoms with Crippen molar-refractivity contribution in [1.29, 1.82) is 0 Å². The molecule has 0 spiro atoms. The van der Waals surface area contributed by atoms with Crippen LogP contribution in [0.15, 0.2) is 29.0 Å². The summed E-state index contributed by atoms with van der Waals surface area (Å²) < 4.78 is 0. The number of nitrogens with one attached hydrogen (secondary N) is 1. The Balaban J connectivity index is 2.42. The van der Waals surface area contributed by atoms with Crippen molar-refractivity contribution < 1.29 is 0 Å². The second-order valence-corrected chi connectivity index (χ2v) is 2.11. The molecule has 0 fully saturated rings. The van der Waals surface area contributed by atoms with E-state index in [9.17, 15) is 0 Å². The molecule has 1 heterocycles. The molecule has 0 unspecified atom stereocenters. The monoisotopic (exact) mass is 105 g/mol. The molecule has 2 rings (SSSR count). The standard InChI is InChI=1S/C7H7N/c1-2-6-4-8-5-7(6)3-1/h2-3,8H,4-5H2. The molecule has 1 N–H and O–H groups in total. The quantitative estimate of drug-likeness (QED) is 0.445. The normalized spacial score (nSPS) is 23.0. The van der Waals surface area contributed by atoms with Crippen molar-refractivity contribution in [2.75, 3.05) is 13.1 Å². The lowest BCUT2D eigenvalue weighted by Gasteiger charge is -1.85. The van der Waals surface area contributed by atoms with Gasteiger partial charge in [-0.3, -0.25) is 0 Å². The van der Waals surface area contributed by atoms with E-state index < -0.39 is 0 Å². The maximum absolute atomic E-state index is 3.25. The Morgan fingerprint density at radius 2 is 1.88 bits per heavy atom. The first-order valence-corrected chi connectivity index (χ1v) is 2.82. The molecule has 0 aromatic rings. The summed E-state index contributed by atoms with van der Waals surface area (Å²) in [5.41, 5.74) is 5.90. The Bertz CT molecular complexity index is 186. The van der Waals surface area contributed by atoms with Crippen molar-refractivity contribution in [2.24, 2.45) is 0 Å². The van der Waals surface area contributed by atoms with E-state index in [1.807, 2.05) is 0 Å².